The van der Waals surface area contributed by atoms with Gasteiger partial charge in [0, 0.05) is 23.3 Å². The van der Waals surface area contributed by atoms with Crippen molar-refractivity contribution in [2.75, 3.05) is 0 Å². The predicted molar refractivity (Wildman–Crippen MR) is 73.4 cm³/mol. The van der Waals surface area contributed by atoms with Crippen LogP contribution in [0.4, 0.5) is 0 Å². The quantitative estimate of drug-likeness (QED) is 0.656. The van der Waals surface area contributed by atoms with Gasteiger partial charge in [-0.05, 0) is 53.4 Å². The fraction of sp³-hybridized carbons (Fsp3) is 1.00. The fourth-order valence-corrected chi connectivity index (χ4v) is 8.50. The Hall–Kier alpha value is 0.137. The molecule has 0 saturated heterocycles. The van der Waals surface area contributed by atoms with E-state index in [1.54, 1.807) is 0 Å². The van der Waals surface area contributed by atoms with E-state index in [0.29, 0.717) is 12.2 Å². The Kier molecular flexibility index (Phi) is 4.32. The molecule has 0 heterocycles. The zero-order chi connectivity index (χ0) is 12.5. The molecule has 0 unspecified atom stereocenters. The van der Waals surface area contributed by atoms with Gasteiger partial charge >= 0.3 is 8.56 Å². The lowest BCUT2D eigenvalue weighted by Gasteiger charge is -2.50. The van der Waals surface area contributed by atoms with Gasteiger partial charge in [0.1, 0.15) is 0 Å². The molecular weight excluding hydrogens is 228 g/mol. The molecule has 0 spiro atoms. The van der Waals surface area contributed by atoms with Gasteiger partial charge in [-0.25, -0.2) is 0 Å². The standard InChI is InChI=1S/C14H28O2Si/c1-11(2)15-17(16-12(3)4,13-7-5-8-13)14-9-6-10-14/h11-14H,5-10H2,1-4H3. The average molecular weight is 256 g/mol. The van der Waals surface area contributed by atoms with Crippen LogP contribution in [-0.2, 0) is 8.85 Å². The van der Waals surface area contributed by atoms with Crippen LogP contribution in [0.2, 0.25) is 11.1 Å². The minimum absolute atomic E-state index is 0.321. The van der Waals surface area contributed by atoms with Crippen molar-refractivity contribution in [1.82, 2.24) is 0 Å². The van der Waals surface area contributed by atoms with E-state index in [9.17, 15) is 0 Å². The van der Waals surface area contributed by atoms with Gasteiger partial charge in [0.05, 0.1) is 0 Å². The molecule has 0 amide bonds. The maximum atomic E-state index is 6.47. The summed E-state index contributed by atoms with van der Waals surface area (Å²) in [5, 5.41) is 0. The molecule has 3 heteroatoms. The third-order valence-electron chi connectivity index (χ3n) is 4.19. The highest BCUT2D eigenvalue weighted by Crippen LogP contribution is 2.54. The van der Waals surface area contributed by atoms with E-state index in [2.05, 4.69) is 27.7 Å². The third kappa shape index (κ3) is 2.77. The van der Waals surface area contributed by atoms with Crippen LogP contribution in [0.5, 0.6) is 0 Å². The summed E-state index contributed by atoms with van der Waals surface area (Å²) in [5.74, 6) is 0. The number of hydrogen-bond acceptors (Lipinski definition) is 2. The second kappa shape index (κ2) is 5.41. The highest BCUT2D eigenvalue weighted by atomic mass is 28.4. The van der Waals surface area contributed by atoms with Crippen molar-refractivity contribution in [3.8, 4) is 0 Å². The first kappa shape index (κ1) is 13.6. The van der Waals surface area contributed by atoms with Gasteiger partial charge in [0.15, 0.2) is 0 Å². The van der Waals surface area contributed by atoms with Crippen LogP contribution in [0, 0.1) is 0 Å². The first-order chi connectivity index (χ1) is 8.04. The van der Waals surface area contributed by atoms with Crippen LogP contribution in [0.15, 0.2) is 0 Å². The number of rotatable bonds is 6. The second-order valence-electron chi connectivity index (χ2n) is 6.31. The molecule has 0 bridgehead atoms. The summed E-state index contributed by atoms with van der Waals surface area (Å²) in [6.07, 6.45) is 8.81. The topological polar surface area (TPSA) is 18.5 Å². The summed E-state index contributed by atoms with van der Waals surface area (Å²) in [6, 6.07) is 0. The molecule has 0 aromatic carbocycles. The lowest BCUT2D eigenvalue weighted by Crippen LogP contribution is -2.57. The van der Waals surface area contributed by atoms with Gasteiger partial charge in [0.25, 0.3) is 0 Å². The molecule has 0 radical (unpaired) electrons. The molecule has 0 aromatic heterocycles. The molecule has 0 atom stereocenters. The molecule has 2 fully saturated rings. The van der Waals surface area contributed by atoms with Crippen molar-refractivity contribution in [2.24, 2.45) is 0 Å². The summed E-state index contributed by atoms with van der Waals surface area (Å²) in [7, 11) is -1.95. The summed E-state index contributed by atoms with van der Waals surface area (Å²) < 4.78 is 12.9. The van der Waals surface area contributed by atoms with Crippen LogP contribution in [-0.4, -0.2) is 20.8 Å². The van der Waals surface area contributed by atoms with Crippen LogP contribution in [0.1, 0.15) is 66.2 Å². The van der Waals surface area contributed by atoms with Crippen LogP contribution in [0.25, 0.3) is 0 Å². The highest BCUT2D eigenvalue weighted by molar-refractivity contribution is 6.71. The Balaban J connectivity index is 2.15. The molecule has 100 valence electrons. The summed E-state index contributed by atoms with van der Waals surface area (Å²) in [5.41, 5.74) is 1.55. The summed E-state index contributed by atoms with van der Waals surface area (Å²) >= 11 is 0. The van der Waals surface area contributed by atoms with E-state index >= 15 is 0 Å². The third-order valence-corrected chi connectivity index (χ3v) is 9.30. The second-order valence-corrected chi connectivity index (χ2v) is 9.86. The molecule has 0 aliphatic heterocycles. The molecule has 0 aromatic rings. The zero-order valence-electron chi connectivity index (χ0n) is 11.9. The van der Waals surface area contributed by atoms with E-state index in [-0.39, 0.29) is 0 Å². The first-order valence-electron chi connectivity index (χ1n) is 7.40. The number of hydrogen-bond donors (Lipinski definition) is 0. The van der Waals surface area contributed by atoms with Crippen LogP contribution >= 0.6 is 0 Å². The van der Waals surface area contributed by atoms with Crippen LogP contribution in [0.3, 0.4) is 0 Å². The maximum absolute atomic E-state index is 6.47. The monoisotopic (exact) mass is 256 g/mol. The Morgan fingerprint density at radius 2 is 1.12 bits per heavy atom. The van der Waals surface area contributed by atoms with Gasteiger partial charge < -0.3 is 8.85 Å². The van der Waals surface area contributed by atoms with Gasteiger partial charge in [-0.15, -0.1) is 0 Å². The molecule has 17 heavy (non-hydrogen) atoms. The molecule has 0 N–H and O–H groups in total. The van der Waals surface area contributed by atoms with E-state index in [0.717, 1.165) is 11.1 Å². The zero-order valence-corrected chi connectivity index (χ0v) is 12.9. The lowest BCUT2D eigenvalue weighted by atomic mass is 9.98. The Morgan fingerprint density at radius 3 is 1.29 bits per heavy atom. The van der Waals surface area contributed by atoms with E-state index in [1.807, 2.05) is 0 Å². The SMILES string of the molecule is CC(C)O[Si](OC(C)C)(C1CCC1)C1CCC1. The van der Waals surface area contributed by atoms with Crippen molar-refractivity contribution in [3.05, 3.63) is 0 Å². The molecule has 2 saturated carbocycles. The lowest BCUT2D eigenvalue weighted by molar-refractivity contribution is 0.0710. The Labute approximate surface area is 107 Å². The highest BCUT2D eigenvalue weighted by Gasteiger charge is 2.56. The van der Waals surface area contributed by atoms with Gasteiger partial charge in [0.2, 0.25) is 0 Å². The summed E-state index contributed by atoms with van der Waals surface area (Å²) in [6.45, 7) is 8.68. The van der Waals surface area contributed by atoms with Gasteiger partial charge in [-0.2, -0.15) is 0 Å². The van der Waals surface area contributed by atoms with E-state index in [4.69, 9.17) is 8.85 Å². The normalized spacial score (nSPS) is 22.9. The van der Waals surface area contributed by atoms with Gasteiger partial charge in [-0.1, -0.05) is 12.8 Å². The maximum Gasteiger partial charge on any atom is 0.345 e. The van der Waals surface area contributed by atoms with Crippen molar-refractivity contribution >= 4 is 8.56 Å². The first-order valence-corrected chi connectivity index (χ1v) is 9.37. The fourth-order valence-electron chi connectivity index (χ4n) is 3.10. The van der Waals surface area contributed by atoms with Gasteiger partial charge in [-0.3, -0.25) is 0 Å². The van der Waals surface area contributed by atoms with Crippen molar-refractivity contribution in [2.45, 2.75) is 89.5 Å². The molecular formula is C14H28O2Si. The van der Waals surface area contributed by atoms with Crippen LogP contribution < -0.4 is 0 Å². The summed E-state index contributed by atoms with van der Waals surface area (Å²) in [4.78, 5) is 0. The average Bonchev–Trinajstić information content (AvgIpc) is 1.91. The smallest absolute Gasteiger partial charge is 0.345 e. The van der Waals surface area contributed by atoms with E-state index < -0.39 is 8.56 Å². The van der Waals surface area contributed by atoms with Crippen molar-refractivity contribution in [3.63, 3.8) is 0 Å². The largest absolute Gasteiger partial charge is 0.391 e. The minimum Gasteiger partial charge on any atom is -0.391 e. The molecule has 2 rings (SSSR count). The Morgan fingerprint density at radius 1 is 0.765 bits per heavy atom. The Bertz CT molecular complexity index is 219. The van der Waals surface area contributed by atoms with Crippen molar-refractivity contribution < 1.29 is 8.85 Å². The van der Waals surface area contributed by atoms with Crippen molar-refractivity contribution in [1.29, 1.82) is 0 Å². The van der Waals surface area contributed by atoms with E-state index in [1.165, 1.54) is 38.5 Å². The molecule has 2 aliphatic rings. The minimum atomic E-state index is -1.95. The predicted octanol–water partition coefficient (Wildman–Crippen LogP) is 4.39. The molecule has 2 aliphatic carbocycles. The molecule has 2 nitrogen and oxygen atoms in total.